The molecule has 2 heteroatoms. The van der Waals surface area contributed by atoms with Crippen LogP contribution in [-0.2, 0) is 6.54 Å². The lowest BCUT2D eigenvalue weighted by molar-refractivity contribution is 0.789. The summed E-state index contributed by atoms with van der Waals surface area (Å²) in [7, 11) is 0. The predicted octanol–water partition coefficient (Wildman–Crippen LogP) is 1.13. The number of nitrogens with one attached hydrogen (secondary N) is 1. The van der Waals surface area contributed by atoms with Gasteiger partial charge in [-0.25, -0.2) is 0 Å². The van der Waals surface area contributed by atoms with Gasteiger partial charge < -0.3 is 9.88 Å². The lowest BCUT2D eigenvalue weighted by Gasteiger charge is -2.08. The lowest BCUT2D eigenvalue weighted by atomic mass is 10.4. The number of aromatic nitrogens is 1. The Bertz CT molecular complexity index is 240. The van der Waals surface area contributed by atoms with Crippen molar-refractivity contribution in [2.24, 2.45) is 0 Å². The van der Waals surface area contributed by atoms with Crippen molar-refractivity contribution in [1.29, 1.82) is 0 Å². The average molecular weight is 121 g/mol. The summed E-state index contributed by atoms with van der Waals surface area (Å²) in [4.78, 5) is 0. The third-order valence-electron chi connectivity index (χ3n) is 1.50. The minimum absolute atomic E-state index is 0. The highest BCUT2D eigenvalue weighted by Gasteiger charge is 1.98. The van der Waals surface area contributed by atoms with E-state index in [1.54, 1.807) is 0 Å². The van der Waals surface area contributed by atoms with E-state index in [-0.39, 0.29) is 1.43 Å². The van der Waals surface area contributed by atoms with Gasteiger partial charge in [0.15, 0.2) is 0 Å². The zero-order valence-electron chi connectivity index (χ0n) is 6.04. The van der Waals surface area contributed by atoms with Gasteiger partial charge in [0.2, 0.25) is 0 Å². The van der Waals surface area contributed by atoms with Gasteiger partial charge in [0.1, 0.15) is 0 Å². The van der Waals surface area contributed by atoms with Crippen LogP contribution in [0, 0.1) is 0 Å². The van der Waals surface area contributed by atoms with Crippen molar-refractivity contribution in [2.75, 3.05) is 0 Å². The van der Waals surface area contributed by atoms with Crippen molar-refractivity contribution in [2.45, 2.75) is 6.54 Å². The summed E-state index contributed by atoms with van der Waals surface area (Å²) in [6.07, 6.45) is 6.01. The van der Waals surface area contributed by atoms with E-state index in [4.69, 9.17) is 0 Å². The molecule has 0 atom stereocenters. The van der Waals surface area contributed by atoms with Crippen molar-refractivity contribution in [1.82, 2.24) is 9.88 Å². The molecule has 1 aliphatic heterocycles. The monoisotopic (exact) mass is 121 g/mol. The van der Waals surface area contributed by atoms with E-state index in [1.807, 2.05) is 24.7 Å². The summed E-state index contributed by atoms with van der Waals surface area (Å²) < 4.78 is 2.11. The summed E-state index contributed by atoms with van der Waals surface area (Å²) in [5, 5.41) is 3.13. The van der Waals surface area contributed by atoms with Crippen LogP contribution in [0.25, 0.3) is 6.20 Å². The van der Waals surface area contributed by atoms with Crippen LogP contribution in [0.2, 0.25) is 0 Å². The Labute approximate surface area is 55.3 Å². The van der Waals surface area contributed by atoms with E-state index in [9.17, 15) is 0 Å². The van der Waals surface area contributed by atoms with Crippen LogP contribution < -0.4 is 5.32 Å². The molecule has 0 fully saturated rings. The minimum atomic E-state index is 0. The number of hydrogen-bond acceptors (Lipinski definition) is 1. The molecule has 9 heavy (non-hydrogen) atoms. The second kappa shape index (κ2) is 1.65. The van der Waals surface area contributed by atoms with E-state index >= 15 is 0 Å². The Hall–Kier alpha value is -1.18. The van der Waals surface area contributed by atoms with Crippen LogP contribution in [-0.4, -0.2) is 4.57 Å². The molecule has 2 nitrogen and oxygen atoms in total. The Kier molecular flexibility index (Phi) is 0.859. The van der Waals surface area contributed by atoms with Gasteiger partial charge in [-0.1, -0.05) is 0 Å². The van der Waals surface area contributed by atoms with Crippen LogP contribution in [0.15, 0.2) is 24.5 Å². The third kappa shape index (κ3) is 0.633. The molecule has 0 saturated carbocycles. The van der Waals surface area contributed by atoms with E-state index in [0.29, 0.717) is 0 Å². The van der Waals surface area contributed by atoms with Gasteiger partial charge in [-0.2, -0.15) is 0 Å². The van der Waals surface area contributed by atoms with Crippen molar-refractivity contribution in [3.63, 3.8) is 0 Å². The second-order valence-electron chi connectivity index (χ2n) is 2.10. The zero-order valence-corrected chi connectivity index (χ0v) is 5.04. The molecule has 0 saturated heterocycles. The Balaban J connectivity index is 0.000000500. The minimum Gasteiger partial charge on any atom is -0.384 e. The third-order valence-corrected chi connectivity index (χ3v) is 1.50. The van der Waals surface area contributed by atoms with Crippen LogP contribution in [0.1, 0.15) is 7.12 Å². The highest BCUT2D eigenvalue weighted by atomic mass is 15.0. The van der Waals surface area contributed by atoms with Gasteiger partial charge in [0.25, 0.3) is 0 Å². The molecule has 1 aromatic heterocycles. The summed E-state index contributed by atoms with van der Waals surface area (Å²) in [5.74, 6) is 0. The molecule has 46 valence electrons. The fourth-order valence-corrected chi connectivity index (χ4v) is 1.02. The molecule has 0 amide bonds. The average Bonchev–Trinajstić information content (AvgIpc) is 2.33. The van der Waals surface area contributed by atoms with Gasteiger partial charge in [0, 0.05) is 24.3 Å². The van der Waals surface area contributed by atoms with Gasteiger partial charge >= 0.3 is 1.43 Å². The van der Waals surface area contributed by atoms with E-state index in [0.717, 1.165) is 6.54 Å². The standard InChI is InChI=1S/C7H8N2/c1-2-7-6-8-3-5-9(7)4-1/h1-5,8H,6H2/p+1. The van der Waals surface area contributed by atoms with E-state index in [2.05, 4.69) is 16.0 Å². The first kappa shape index (κ1) is 4.68. The Morgan fingerprint density at radius 1 is 1.67 bits per heavy atom. The largest absolute Gasteiger partial charge is 1.00 e. The van der Waals surface area contributed by atoms with Gasteiger partial charge in [0.05, 0.1) is 6.54 Å². The molecule has 0 aromatic carbocycles. The molecular formula is C7H9N2+. The second-order valence-corrected chi connectivity index (χ2v) is 2.10. The molecular weight excluding hydrogens is 112 g/mol. The van der Waals surface area contributed by atoms with Crippen LogP contribution in [0.3, 0.4) is 0 Å². The predicted molar refractivity (Wildman–Crippen MR) is 37.7 cm³/mol. The highest BCUT2D eigenvalue weighted by Crippen LogP contribution is 2.04. The number of nitrogens with zero attached hydrogens (tertiary/aromatic N) is 1. The van der Waals surface area contributed by atoms with Crippen LogP contribution in [0.5, 0.6) is 0 Å². The molecule has 0 spiro atoms. The summed E-state index contributed by atoms with van der Waals surface area (Å²) in [5.41, 5.74) is 1.32. The fraction of sp³-hybridized carbons (Fsp3) is 0.143. The first-order valence-corrected chi connectivity index (χ1v) is 3.02. The smallest absolute Gasteiger partial charge is 0.384 e. The van der Waals surface area contributed by atoms with Crippen molar-refractivity contribution in [3.05, 3.63) is 30.2 Å². The Morgan fingerprint density at radius 2 is 2.67 bits per heavy atom. The molecule has 1 aromatic rings. The summed E-state index contributed by atoms with van der Waals surface area (Å²) in [6.45, 7) is 0.948. The van der Waals surface area contributed by atoms with Crippen LogP contribution >= 0.6 is 0 Å². The maximum atomic E-state index is 3.13. The van der Waals surface area contributed by atoms with Crippen molar-refractivity contribution in [3.8, 4) is 0 Å². The highest BCUT2D eigenvalue weighted by molar-refractivity contribution is 5.30. The molecule has 0 aliphatic carbocycles. The van der Waals surface area contributed by atoms with E-state index in [1.165, 1.54) is 5.69 Å². The van der Waals surface area contributed by atoms with Gasteiger partial charge in [-0.3, -0.25) is 0 Å². The molecule has 0 bridgehead atoms. The molecule has 2 rings (SSSR count). The quantitative estimate of drug-likeness (QED) is 0.544. The number of rotatable bonds is 0. The molecule has 1 aliphatic rings. The number of hydrogen-bond donors (Lipinski definition) is 1. The first-order valence-electron chi connectivity index (χ1n) is 3.02. The maximum Gasteiger partial charge on any atom is 1.00 e. The molecule has 0 radical (unpaired) electrons. The lowest BCUT2D eigenvalue weighted by Crippen LogP contribution is -2.12. The first-order chi connectivity index (χ1) is 4.47. The Morgan fingerprint density at radius 3 is 3.56 bits per heavy atom. The van der Waals surface area contributed by atoms with E-state index < -0.39 is 0 Å². The van der Waals surface area contributed by atoms with Crippen molar-refractivity contribution < 1.29 is 1.43 Å². The van der Waals surface area contributed by atoms with Crippen molar-refractivity contribution >= 4 is 6.20 Å². The summed E-state index contributed by atoms with van der Waals surface area (Å²) in [6, 6.07) is 4.16. The van der Waals surface area contributed by atoms with Gasteiger partial charge in [-0.15, -0.1) is 0 Å². The van der Waals surface area contributed by atoms with Crippen LogP contribution in [0.4, 0.5) is 0 Å². The maximum absolute atomic E-state index is 3.13. The molecule has 2 heterocycles. The topological polar surface area (TPSA) is 17.0 Å². The van der Waals surface area contributed by atoms with Gasteiger partial charge in [-0.05, 0) is 12.1 Å². The normalized spacial score (nSPS) is 14.7. The SMILES string of the molecule is C1=Cn2cccc2CN1.[H+]. The fourth-order valence-electron chi connectivity index (χ4n) is 1.02. The number of fused-ring (bicyclic) bond motifs is 1. The zero-order chi connectivity index (χ0) is 6.10. The molecule has 0 unspecified atom stereocenters. The molecule has 1 N–H and O–H groups in total. The summed E-state index contributed by atoms with van der Waals surface area (Å²) >= 11 is 0.